The minimum absolute atomic E-state index is 0.000452. The van der Waals surface area contributed by atoms with E-state index in [1.807, 2.05) is 6.07 Å². The van der Waals surface area contributed by atoms with E-state index < -0.39 is 0 Å². The van der Waals surface area contributed by atoms with Crippen LogP contribution in [0.25, 0.3) is 0 Å². The van der Waals surface area contributed by atoms with Crippen molar-refractivity contribution < 1.29 is 9.59 Å². The normalized spacial score (nSPS) is 10.3. The van der Waals surface area contributed by atoms with Gasteiger partial charge in [0.15, 0.2) is 0 Å². The van der Waals surface area contributed by atoms with Gasteiger partial charge in [0.25, 0.3) is 0 Å². The molecule has 0 spiro atoms. The summed E-state index contributed by atoms with van der Waals surface area (Å²) < 4.78 is 0. The first-order valence-corrected chi connectivity index (χ1v) is 8.37. The van der Waals surface area contributed by atoms with Gasteiger partial charge in [0.05, 0.1) is 40.5 Å². The van der Waals surface area contributed by atoms with Crippen LogP contribution in [0.2, 0.25) is 10.0 Å². The number of likely N-dealkylation sites (N-methyl/N-ethyl adjacent to an activating group) is 1. The molecule has 2 N–H and O–H groups in total. The van der Waals surface area contributed by atoms with Crippen LogP contribution in [0.4, 0.5) is 11.4 Å². The summed E-state index contributed by atoms with van der Waals surface area (Å²) in [6.07, 6.45) is 0. The van der Waals surface area contributed by atoms with Gasteiger partial charge < -0.3 is 10.6 Å². The first-order chi connectivity index (χ1) is 12.4. The Morgan fingerprint density at radius 2 is 1.62 bits per heavy atom. The zero-order valence-corrected chi connectivity index (χ0v) is 15.4. The lowest BCUT2D eigenvalue weighted by molar-refractivity contribution is -0.119. The number of rotatable bonds is 6. The zero-order valence-electron chi connectivity index (χ0n) is 13.9. The number of nitriles is 1. The van der Waals surface area contributed by atoms with Crippen molar-refractivity contribution in [3.63, 3.8) is 0 Å². The molecule has 2 aromatic rings. The molecule has 2 amide bonds. The van der Waals surface area contributed by atoms with Gasteiger partial charge in [-0.25, -0.2) is 0 Å². The Morgan fingerprint density at radius 1 is 1.04 bits per heavy atom. The average molecular weight is 391 g/mol. The van der Waals surface area contributed by atoms with E-state index in [1.165, 1.54) is 0 Å². The summed E-state index contributed by atoms with van der Waals surface area (Å²) in [5.74, 6) is -0.645. The zero-order chi connectivity index (χ0) is 19.1. The lowest BCUT2D eigenvalue weighted by Crippen LogP contribution is -2.36. The Bertz CT molecular complexity index is 844. The minimum atomic E-state index is -0.346. The Labute approximate surface area is 161 Å². The molecule has 0 atom stereocenters. The van der Waals surface area contributed by atoms with Crippen molar-refractivity contribution in [2.75, 3.05) is 30.8 Å². The maximum Gasteiger partial charge on any atom is 0.238 e. The van der Waals surface area contributed by atoms with Crippen molar-refractivity contribution in [3.8, 4) is 6.07 Å². The van der Waals surface area contributed by atoms with Crippen molar-refractivity contribution in [2.24, 2.45) is 0 Å². The standard InChI is InChI=1S/C18H16Cl2N4O2/c1-24(10-16(25)22-13-5-2-4-12(8-13)9-21)11-17(26)23-18-14(19)6-3-7-15(18)20/h2-8H,10-11H2,1H3,(H,22,25)(H,23,26). The number of halogens is 2. The first kappa shape index (κ1) is 19.7. The van der Waals surface area contributed by atoms with E-state index in [-0.39, 0.29) is 24.9 Å². The number of hydrogen-bond acceptors (Lipinski definition) is 4. The molecule has 0 aliphatic carbocycles. The predicted octanol–water partition coefficient (Wildman–Crippen LogP) is 3.37. The summed E-state index contributed by atoms with van der Waals surface area (Å²) in [5, 5.41) is 14.9. The summed E-state index contributed by atoms with van der Waals surface area (Å²) in [6, 6.07) is 13.5. The van der Waals surface area contributed by atoms with Gasteiger partial charge in [-0.2, -0.15) is 5.26 Å². The van der Waals surface area contributed by atoms with Gasteiger partial charge in [-0.1, -0.05) is 35.3 Å². The molecule has 0 saturated carbocycles. The topological polar surface area (TPSA) is 85.2 Å². The highest BCUT2D eigenvalue weighted by Gasteiger charge is 2.14. The molecule has 0 aromatic heterocycles. The third kappa shape index (κ3) is 5.74. The SMILES string of the molecule is CN(CC(=O)Nc1cccc(C#N)c1)CC(=O)Nc1c(Cl)cccc1Cl. The highest BCUT2D eigenvalue weighted by atomic mass is 35.5. The largest absolute Gasteiger partial charge is 0.325 e. The second-order valence-corrected chi connectivity index (χ2v) is 6.37. The lowest BCUT2D eigenvalue weighted by Gasteiger charge is -2.17. The van der Waals surface area contributed by atoms with Crippen LogP contribution in [-0.4, -0.2) is 36.9 Å². The molecule has 0 heterocycles. The maximum atomic E-state index is 12.1. The fourth-order valence-electron chi connectivity index (χ4n) is 2.21. The molecule has 0 radical (unpaired) electrons. The molecule has 26 heavy (non-hydrogen) atoms. The van der Waals surface area contributed by atoms with Crippen molar-refractivity contribution in [2.45, 2.75) is 0 Å². The number of carbonyl (C=O) groups excluding carboxylic acids is 2. The molecular formula is C18H16Cl2N4O2. The van der Waals surface area contributed by atoms with E-state index in [0.29, 0.717) is 27.0 Å². The number of carbonyl (C=O) groups is 2. The van der Waals surface area contributed by atoms with Crippen LogP contribution in [0, 0.1) is 11.3 Å². The smallest absolute Gasteiger partial charge is 0.238 e. The third-order valence-electron chi connectivity index (χ3n) is 3.33. The Kier molecular flexibility index (Phi) is 6.98. The highest BCUT2D eigenvalue weighted by molar-refractivity contribution is 6.39. The molecule has 2 aromatic carbocycles. The molecule has 0 aliphatic heterocycles. The molecule has 0 bridgehead atoms. The molecule has 8 heteroatoms. The number of para-hydroxylation sites is 1. The van der Waals surface area contributed by atoms with Gasteiger partial charge in [0.1, 0.15) is 0 Å². The van der Waals surface area contributed by atoms with Gasteiger partial charge in [-0.05, 0) is 37.4 Å². The van der Waals surface area contributed by atoms with E-state index in [1.54, 1.807) is 54.4 Å². The molecule has 134 valence electrons. The molecular weight excluding hydrogens is 375 g/mol. The van der Waals surface area contributed by atoms with Crippen LogP contribution in [-0.2, 0) is 9.59 Å². The molecule has 0 aliphatic rings. The van der Waals surface area contributed by atoms with Crippen LogP contribution < -0.4 is 10.6 Å². The molecule has 2 rings (SSSR count). The Morgan fingerprint density at radius 3 is 2.23 bits per heavy atom. The molecule has 0 saturated heterocycles. The summed E-state index contributed by atoms with van der Waals surface area (Å²) in [6.45, 7) is -0.0202. The van der Waals surface area contributed by atoms with Gasteiger partial charge in [-0.15, -0.1) is 0 Å². The van der Waals surface area contributed by atoms with E-state index in [2.05, 4.69) is 10.6 Å². The number of benzene rings is 2. The monoisotopic (exact) mass is 390 g/mol. The van der Waals surface area contributed by atoms with E-state index in [4.69, 9.17) is 28.5 Å². The van der Waals surface area contributed by atoms with E-state index in [9.17, 15) is 9.59 Å². The van der Waals surface area contributed by atoms with Crippen LogP contribution in [0.1, 0.15) is 5.56 Å². The summed E-state index contributed by atoms with van der Waals surface area (Å²) >= 11 is 12.0. The third-order valence-corrected chi connectivity index (χ3v) is 3.96. The van der Waals surface area contributed by atoms with Crippen molar-refractivity contribution >= 4 is 46.4 Å². The quantitative estimate of drug-likeness (QED) is 0.791. The first-order valence-electron chi connectivity index (χ1n) is 7.61. The van der Waals surface area contributed by atoms with E-state index in [0.717, 1.165) is 0 Å². The van der Waals surface area contributed by atoms with Crippen LogP contribution >= 0.6 is 23.2 Å². The summed E-state index contributed by atoms with van der Waals surface area (Å²) in [4.78, 5) is 25.7. The lowest BCUT2D eigenvalue weighted by atomic mass is 10.2. The average Bonchev–Trinajstić information content (AvgIpc) is 2.58. The number of nitrogens with one attached hydrogen (secondary N) is 2. The number of amides is 2. The fraction of sp³-hybridized carbons (Fsp3) is 0.167. The molecule has 0 unspecified atom stereocenters. The summed E-state index contributed by atoms with van der Waals surface area (Å²) in [5.41, 5.74) is 1.31. The minimum Gasteiger partial charge on any atom is -0.325 e. The number of anilines is 2. The summed E-state index contributed by atoms with van der Waals surface area (Å²) in [7, 11) is 1.64. The fourth-order valence-corrected chi connectivity index (χ4v) is 2.70. The second-order valence-electron chi connectivity index (χ2n) is 5.56. The Hall–Kier alpha value is -2.59. The number of hydrogen-bond donors (Lipinski definition) is 2. The predicted molar refractivity (Wildman–Crippen MR) is 102 cm³/mol. The van der Waals surface area contributed by atoms with Crippen LogP contribution in [0.15, 0.2) is 42.5 Å². The van der Waals surface area contributed by atoms with Crippen molar-refractivity contribution in [1.82, 2.24) is 4.90 Å². The van der Waals surface area contributed by atoms with Crippen molar-refractivity contribution in [3.05, 3.63) is 58.1 Å². The molecule has 0 fully saturated rings. The molecule has 6 nitrogen and oxygen atoms in total. The van der Waals surface area contributed by atoms with Crippen molar-refractivity contribution in [1.29, 1.82) is 5.26 Å². The second kappa shape index (κ2) is 9.20. The van der Waals surface area contributed by atoms with Crippen LogP contribution in [0.5, 0.6) is 0 Å². The maximum absolute atomic E-state index is 12.1. The Balaban J connectivity index is 1.87. The van der Waals surface area contributed by atoms with Gasteiger partial charge in [-0.3, -0.25) is 14.5 Å². The highest BCUT2D eigenvalue weighted by Crippen LogP contribution is 2.29. The number of nitrogens with zero attached hydrogens (tertiary/aromatic N) is 2. The van der Waals surface area contributed by atoms with Crippen LogP contribution in [0.3, 0.4) is 0 Å². The van der Waals surface area contributed by atoms with Gasteiger partial charge >= 0.3 is 0 Å². The van der Waals surface area contributed by atoms with Gasteiger partial charge in [0.2, 0.25) is 11.8 Å². The van der Waals surface area contributed by atoms with Gasteiger partial charge in [0, 0.05) is 5.69 Å². The van der Waals surface area contributed by atoms with E-state index >= 15 is 0 Å².